The first-order valence-electron chi connectivity index (χ1n) is 7.73. The maximum absolute atomic E-state index is 12.4. The molecule has 2 bridgehead atoms. The molecule has 0 spiro atoms. The van der Waals surface area contributed by atoms with E-state index >= 15 is 0 Å². The number of aromatic hydroxyl groups is 2. The monoisotopic (exact) mass is 348 g/mol. The summed E-state index contributed by atoms with van der Waals surface area (Å²) in [4.78, 5) is 33.6. The SMILES string of the molecule is O=C(OOC(=O)c1ccc(O)c2c3ccc(cc3)c12)c1ccc(O)cc1. The van der Waals surface area contributed by atoms with Gasteiger partial charge in [-0.15, -0.1) is 0 Å². The van der Waals surface area contributed by atoms with Crippen LogP contribution in [0.1, 0.15) is 20.7 Å². The molecule has 0 fully saturated rings. The van der Waals surface area contributed by atoms with Crippen molar-refractivity contribution < 1.29 is 29.6 Å². The fourth-order valence-electron chi connectivity index (χ4n) is 2.92. The molecular weight excluding hydrogens is 336 g/mol. The third-order valence-corrected chi connectivity index (χ3v) is 4.16. The van der Waals surface area contributed by atoms with Gasteiger partial charge >= 0.3 is 11.9 Å². The Hall–Kier alpha value is -3.80. The highest BCUT2D eigenvalue weighted by Crippen LogP contribution is 2.36. The molecule has 6 heteroatoms. The lowest BCUT2D eigenvalue weighted by Gasteiger charge is -2.12. The Bertz CT molecular complexity index is 1110. The minimum atomic E-state index is -0.866. The first-order chi connectivity index (χ1) is 12.5. The van der Waals surface area contributed by atoms with Crippen LogP contribution in [0.4, 0.5) is 0 Å². The van der Waals surface area contributed by atoms with Gasteiger partial charge in [0, 0.05) is 10.8 Å². The van der Waals surface area contributed by atoms with Crippen molar-refractivity contribution in [1.82, 2.24) is 0 Å². The van der Waals surface area contributed by atoms with Crippen molar-refractivity contribution in [2.75, 3.05) is 0 Å². The van der Waals surface area contributed by atoms with Crippen LogP contribution >= 0.6 is 0 Å². The van der Waals surface area contributed by atoms with Crippen LogP contribution in [0.3, 0.4) is 0 Å². The maximum atomic E-state index is 12.4. The van der Waals surface area contributed by atoms with Gasteiger partial charge in [-0.2, -0.15) is 0 Å². The summed E-state index contributed by atoms with van der Waals surface area (Å²) in [5.74, 6) is -1.66. The Balaban J connectivity index is 1.62. The molecule has 26 heavy (non-hydrogen) atoms. The van der Waals surface area contributed by atoms with Gasteiger partial charge in [0.05, 0.1) is 11.1 Å². The molecule has 2 N–H and O–H groups in total. The Kier molecular flexibility index (Phi) is 3.58. The van der Waals surface area contributed by atoms with Crippen LogP contribution in [-0.4, -0.2) is 22.2 Å². The van der Waals surface area contributed by atoms with Gasteiger partial charge in [0.15, 0.2) is 0 Å². The van der Waals surface area contributed by atoms with E-state index in [0.717, 1.165) is 10.8 Å². The molecule has 0 heterocycles. The van der Waals surface area contributed by atoms with E-state index in [2.05, 4.69) is 9.78 Å². The molecule has 5 aromatic rings. The van der Waals surface area contributed by atoms with Crippen molar-refractivity contribution in [2.24, 2.45) is 0 Å². The van der Waals surface area contributed by atoms with E-state index in [4.69, 9.17) is 0 Å². The second-order valence-electron chi connectivity index (χ2n) is 5.75. The minimum absolute atomic E-state index is 0.0000437. The number of phenolic OH excluding ortho intramolecular Hbond substituents is 2. The van der Waals surface area contributed by atoms with E-state index < -0.39 is 11.9 Å². The maximum Gasteiger partial charge on any atom is 0.386 e. The highest BCUT2D eigenvalue weighted by atomic mass is 17.2. The first kappa shape index (κ1) is 15.7. The molecule has 0 saturated carbocycles. The van der Waals surface area contributed by atoms with Gasteiger partial charge < -0.3 is 10.2 Å². The predicted molar refractivity (Wildman–Crippen MR) is 93.2 cm³/mol. The predicted octanol–water partition coefficient (Wildman–Crippen LogP) is 3.77. The smallest absolute Gasteiger partial charge is 0.386 e. The first-order valence-corrected chi connectivity index (χ1v) is 7.73. The van der Waals surface area contributed by atoms with E-state index in [1.165, 1.54) is 36.4 Å². The zero-order valence-electron chi connectivity index (χ0n) is 13.3. The zero-order valence-corrected chi connectivity index (χ0v) is 13.3. The van der Waals surface area contributed by atoms with Gasteiger partial charge in [-0.3, -0.25) is 0 Å². The van der Waals surface area contributed by atoms with Crippen molar-refractivity contribution in [1.29, 1.82) is 0 Å². The van der Waals surface area contributed by atoms with Crippen LogP contribution < -0.4 is 0 Å². The Morgan fingerprint density at radius 1 is 0.654 bits per heavy atom. The van der Waals surface area contributed by atoms with E-state index in [0.29, 0.717) is 10.8 Å². The lowest BCUT2D eigenvalue weighted by molar-refractivity contribution is -0.187. The fourth-order valence-corrected chi connectivity index (χ4v) is 2.92. The fraction of sp³-hybridized carbons (Fsp3) is 0. The van der Waals surface area contributed by atoms with Crippen LogP contribution in [0.5, 0.6) is 11.5 Å². The highest BCUT2D eigenvalue weighted by Gasteiger charge is 2.20. The molecule has 0 amide bonds. The summed E-state index contributed by atoms with van der Waals surface area (Å²) in [7, 11) is 0. The van der Waals surface area contributed by atoms with Crippen LogP contribution in [0.25, 0.3) is 21.5 Å². The van der Waals surface area contributed by atoms with E-state index in [1.54, 1.807) is 0 Å². The summed E-state index contributed by atoms with van der Waals surface area (Å²) in [6.07, 6.45) is 0. The van der Waals surface area contributed by atoms with Gasteiger partial charge in [0.2, 0.25) is 0 Å². The van der Waals surface area contributed by atoms with Crippen molar-refractivity contribution in [3.05, 3.63) is 71.8 Å². The van der Waals surface area contributed by atoms with Crippen LogP contribution in [0.2, 0.25) is 0 Å². The lowest BCUT2D eigenvalue weighted by atomic mass is 9.95. The summed E-state index contributed by atoms with van der Waals surface area (Å²) in [6, 6.07) is 15.5. The summed E-state index contributed by atoms with van der Waals surface area (Å²) in [6.45, 7) is 0. The average Bonchev–Trinajstić information content (AvgIpc) is 2.67. The quantitative estimate of drug-likeness (QED) is 0.423. The minimum Gasteiger partial charge on any atom is -0.508 e. The average molecular weight is 348 g/mol. The standard InChI is InChI=1S/C20H12O6/c21-14-7-5-13(6-8-14)19(23)25-26-20(24)15-9-10-16(22)18-12-3-1-11(2-4-12)17(15)18/h1-10,21-22H. The number of carbonyl (C=O) groups excluding carboxylic acids is 2. The van der Waals surface area contributed by atoms with E-state index in [1.807, 2.05) is 24.3 Å². The molecule has 6 nitrogen and oxygen atoms in total. The second-order valence-corrected chi connectivity index (χ2v) is 5.75. The summed E-state index contributed by atoms with van der Waals surface area (Å²) in [5.41, 5.74) is 0.302. The number of benzene rings is 5. The van der Waals surface area contributed by atoms with Crippen LogP contribution in [-0.2, 0) is 9.78 Å². The molecule has 0 saturated heterocycles. The summed E-state index contributed by atoms with van der Waals surface area (Å²) < 4.78 is 0. The normalized spacial score (nSPS) is 10.9. The largest absolute Gasteiger partial charge is 0.508 e. The molecule has 0 aliphatic heterocycles. The number of fused-ring (bicyclic) bond motifs is 2. The molecule has 0 aromatic heterocycles. The van der Waals surface area contributed by atoms with Gasteiger partial charge in [-0.25, -0.2) is 19.4 Å². The topological polar surface area (TPSA) is 93.1 Å². The lowest BCUT2D eigenvalue weighted by Crippen LogP contribution is -2.12. The Morgan fingerprint density at radius 3 is 1.88 bits per heavy atom. The highest BCUT2D eigenvalue weighted by molar-refractivity contribution is 6.19. The number of hydrogen-bond donors (Lipinski definition) is 2. The molecule has 0 aliphatic rings. The Labute approximate surface area is 147 Å². The van der Waals surface area contributed by atoms with E-state index in [9.17, 15) is 19.8 Å². The summed E-state index contributed by atoms with van der Waals surface area (Å²) >= 11 is 0. The number of rotatable bonds is 2. The number of carbonyl (C=O) groups is 2. The van der Waals surface area contributed by atoms with Crippen LogP contribution in [0.15, 0.2) is 60.7 Å². The van der Waals surface area contributed by atoms with Gasteiger partial charge in [0.1, 0.15) is 11.5 Å². The molecular formula is C20H12O6. The van der Waals surface area contributed by atoms with E-state index in [-0.39, 0.29) is 22.6 Å². The van der Waals surface area contributed by atoms with Crippen molar-refractivity contribution >= 4 is 33.5 Å². The molecule has 0 radical (unpaired) electrons. The van der Waals surface area contributed by atoms with Gasteiger partial charge in [-0.05, 0) is 47.2 Å². The van der Waals surface area contributed by atoms with Gasteiger partial charge in [0.25, 0.3) is 0 Å². The van der Waals surface area contributed by atoms with Crippen LogP contribution in [0, 0.1) is 0 Å². The number of phenols is 2. The molecule has 128 valence electrons. The molecule has 5 rings (SSSR count). The molecule has 5 aromatic carbocycles. The van der Waals surface area contributed by atoms with Crippen molar-refractivity contribution in [2.45, 2.75) is 0 Å². The second kappa shape index (κ2) is 5.93. The summed E-state index contributed by atoms with van der Waals surface area (Å²) in [5, 5.41) is 21.9. The molecule has 0 unspecified atom stereocenters. The third kappa shape index (κ3) is 2.53. The Morgan fingerprint density at radius 2 is 1.23 bits per heavy atom. The molecule has 0 aliphatic carbocycles. The number of hydrogen-bond acceptors (Lipinski definition) is 6. The van der Waals surface area contributed by atoms with Gasteiger partial charge in [-0.1, -0.05) is 24.3 Å². The third-order valence-electron chi connectivity index (χ3n) is 4.16. The zero-order chi connectivity index (χ0) is 18.3. The molecule has 0 atom stereocenters. The van der Waals surface area contributed by atoms with Crippen molar-refractivity contribution in [3.8, 4) is 11.5 Å². The van der Waals surface area contributed by atoms with Crippen molar-refractivity contribution in [3.63, 3.8) is 0 Å².